The van der Waals surface area contributed by atoms with Gasteiger partial charge in [-0.15, -0.1) is 0 Å². The highest BCUT2D eigenvalue weighted by atomic mass is 19.1. The van der Waals surface area contributed by atoms with E-state index in [2.05, 4.69) is 143 Å². The Morgan fingerprint density at radius 1 is 0.800 bits per heavy atom. The lowest BCUT2D eigenvalue weighted by atomic mass is 9.62. The van der Waals surface area contributed by atoms with E-state index in [0.29, 0.717) is 0 Å². The van der Waals surface area contributed by atoms with Gasteiger partial charge in [0.1, 0.15) is 12.4 Å². The fourth-order valence-electron chi connectivity index (χ4n) is 10.0. The van der Waals surface area contributed by atoms with Gasteiger partial charge < -0.3 is 0 Å². The van der Waals surface area contributed by atoms with Gasteiger partial charge in [0.15, 0.2) is 17.9 Å². The lowest BCUT2D eigenvalue weighted by Gasteiger charge is -2.44. The van der Waals surface area contributed by atoms with Gasteiger partial charge in [-0.1, -0.05) is 95.1 Å². The number of hydrogen-bond donors (Lipinski definition) is 0. The van der Waals surface area contributed by atoms with E-state index in [9.17, 15) is 0 Å². The van der Waals surface area contributed by atoms with Gasteiger partial charge in [-0.25, -0.2) is 4.39 Å². The van der Waals surface area contributed by atoms with Crippen LogP contribution in [-0.4, -0.2) is 0 Å². The van der Waals surface area contributed by atoms with E-state index in [1.807, 2.05) is 0 Å². The predicted molar refractivity (Wildman–Crippen MR) is 205 cm³/mol. The molecule has 50 heavy (non-hydrogen) atoms. The molecule has 0 saturated heterocycles. The van der Waals surface area contributed by atoms with Gasteiger partial charge in [-0.3, -0.25) is 0 Å². The van der Waals surface area contributed by atoms with Crippen LogP contribution in [0.1, 0.15) is 106 Å². The third-order valence-corrected chi connectivity index (χ3v) is 12.7. The molecule has 0 N–H and O–H groups in total. The van der Waals surface area contributed by atoms with Crippen LogP contribution in [0.4, 0.5) is 4.39 Å². The Morgan fingerprint density at radius 3 is 2.38 bits per heavy atom. The second-order valence-electron chi connectivity index (χ2n) is 15.6. The van der Waals surface area contributed by atoms with Crippen molar-refractivity contribution in [2.24, 2.45) is 0 Å². The minimum absolute atomic E-state index is 0.0848. The maximum absolute atomic E-state index is 16.4. The van der Waals surface area contributed by atoms with Gasteiger partial charge in [-0.2, -0.15) is 9.13 Å². The standard InChI is InChI=1S/C47H51FN2/c1-8-11-14-32-19-21-39-41-34(32)24-28-50-45(41)42-36(20-22-40(48)43(42)46(39,6)7)38(47(50,9-2)10-3)25-27-49-26-23-33-15-12-13-16-35(33)44(49)37-29-30(4)17-18-31(37)5/h12-13,15-24,26,28-29,38H,8-11,14,25,27H2,1-7H3/q+2. The summed E-state index contributed by atoms with van der Waals surface area (Å²) in [5.74, 6) is 0.131. The molecule has 2 nitrogen and oxygen atoms in total. The second-order valence-corrected chi connectivity index (χ2v) is 15.6. The quantitative estimate of drug-likeness (QED) is 0.136. The lowest BCUT2D eigenvalue weighted by molar-refractivity contribution is -0.764. The first-order valence-corrected chi connectivity index (χ1v) is 19.0. The number of hydrogen-bond acceptors (Lipinski definition) is 0. The summed E-state index contributed by atoms with van der Waals surface area (Å²) < 4.78 is 21.5. The van der Waals surface area contributed by atoms with Gasteiger partial charge in [0, 0.05) is 47.9 Å². The highest BCUT2D eigenvalue weighted by Gasteiger charge is 2.55. The maximum atomic E-state index is 16.4. The van der Waals surface area contributed by atoms with Crippen LogP contribution in [0, 0.1) is 19.7 Å². The van der Waals surface area contributed by atoms with E-state index in [1.54, 1.807) is 6.07 Å². The number of aryl methyl sites for hydroxylation is 4. The molecule has 254 valence electrons. The summed E-state index contributed by atoms with van der Waals surface area (Å²) in [5, 5.41) is 5.23. The van der Waals surface area contributed by atoms with Crippen LogP contribution in [0.2, 0.25) is 0 Å². The number of rotatable bonds is 9. The molecule has 3 heterocycles. The van der Waals surface area contributed by atoms with Crippen molar-refractivity contribution in [1.29, 1.82) is 0 Å². The van der Waals surface area contributed by atoms with Crippen LogP contribution >= 0.6 is 0 Å². The number of fused-ring (bicyclic) bond motifs is 1. The first-order chi connectivity index (χ1) is 24.2. The summed E-state index contributed by atoms with van der Waals surface area (Å²) >= 11 is 0. The van der Waals surface area contributed by atoms with Gasteiger partial charge >= 0.3 is 0 Å². The van der Waals surface area contributed by atoms with E-state index in [1.165, 1.54) is 79.2 Å². The summed E-state index contributed by atoms with van der Waals surface area (Å²) in [4.78, 5) is 0. The monoisotopic (exact) mass is 662 g/mol. The van der Waals surface area contributed by atoms with E-state index >= 15 is 4.39 Å². The van der Waals surface area contributed by atoms with Crippen molar-refractivity contribution in [2.75, 3.05) is 0 Å². The van der Waals surface area contributed by atoms with Crippen molar-refractivity contribution in [3.63, 3.8) is 0 Å². The van der Waals surface area contributed by atoms with Crippen molar-refractivity contribution in [3.05, 3.63) is 130 Å². The topological polar surface area (TPSA) is 7.76 Å². The fraction of sp³-hybridized carbons (Fsp3) is 0.362. The normalized spacial score (nSPS) is 16.7. The van der Waals surface area contributed by atoms with E-state index in [-0.39, 0.29) is 17.3 Å². The van der Waals surface area contributed by atoms with Crippen molar-refractivity contribution in [1.82, 2.24) is 0 Å². The molecule has 0 radical (unpaired) electrons. The second kappa shape index (κ2) is 12.1. The Kier molecular flexibility index (Phi) is 7.97. The number of halogens is 1. The number of benzene rings is 4. The molecule has 8 rings (SSSR count). The van der Waals surface area contributed by atoms with Gasteiger partial charge in [0.05, 0.1) is 22.3 Å². The fourth-order valence-corrected chi connectivity index (χ4v) is 10.0. The molecule has 4 aromatic carbocycles. The number of nitrogens with zero attached hydrogens (tertiary/aromatic N) is 2. The largest absolute Gasteiger partial charge is 0.221 e. The third-order valence-electron chi connectivity index (χ3n) is 12.7. The highest BCUT2D eigenvalue weighted by molar-refractivity contribution is 6.02. The first kappa shape index (κ1) is 32.8. The molecule has 0 amide bonds. The molecule has 1 aliphatic heterocycles. The molecule has 0 saturated carbocycles. The van der Waals surface area contributed by atoms with Gasteiger partial charge in [-0.05, 0) is 77.9 Å². The van der Waals surface area contributed by atoms with Crippen molar-refractivity contribution >= 4 is 21.5 Å². The van der Waals surface area contributed by atoms with Crippen LogP contribution in [-0.2, 0) is 23.9 Å². The minimum Gasteiger partial charge on any atom is -0.207 e. The molecule has 2 aromatic heterocycles. The van der Waals surface area contributed by atoms with E-state index < -0.39 is 5.41 Å². The van der Waals surface area contributed by atoms with Crippen LogP contribution < -0.4 is 9.13 Å². The molecular formula is C47H51FN2+2. The Morgan fingerprint density at radius 2 is 1.60 bits per heavy atom. The van der Waals surface area contributed by atoms with Crippen molar-refractivity contribution < 1.29 is 13.5 Å². The molecule has 2 aliphatic rings. The molecule has 1 unspecified atom stereocenters. The Balaban J connectivity index is 1.35. The summed E-state index contributed by atoms with van der Waals surface area (Å²) in [6.45, 7) is 16.8. The molecule has 6 aromatic rings. The van der Waals surface area contributed by atoms with E-state index in [0.717, 1.165) is 43.4 Å². The van der Waals surface area contributed by atoms with Crippen LogP contribution in [0.3, 0.4) is 0 Å². The molecular weight excluding hydrogens is 612 g/mol. The molecule has 1 aliphatic carbocycles. The zero-order valence-corrected chi connectivity index (χ0v) is 31.0. The summed E-state index contributed by atoms with van der Waals surface area (Å²) in [6.07, 6.45) is 11.0. The highest BCUT2D eigenvalue weighted by Crippen LogP contribution is 2.56. The molecule has 1 atom stereocenters. The molecule has 3 heteroatoms. The lowest BCUT2D eigenvalue weighted by Crippen LogP contribution is -2.63. The molecule has 0 spiro atoms. The maximum Gasteiger partial charge on any atom is 0.221 e. The third kappa shape index (κ3) is 4.65. The zero-order valence-electron chi connectivity index (χ0n) is 31.0. The Hall–Kier alpha value is -4.37. The minimum atomic E-state index is -0.449. The van der Waals surface area contributed by atoms with Gasteiger partial charge in [0.2, 0.25) is 11.4 Å². The average Bonchev–Trinajstić information content (AvgIpc) is 3.12. The SMILES string of the molecule is CCCCc1ccc2c3c4[n+](ccc13)C(CC)(CC)C(CC[n+]1ccc3ccccc3c1-c1cc(C)ccc1C)c1ccc(F)c(c1-4)C2(C)C. The van der Waals surface area contributed by atoms with Crippen LogP contribution in [0.5, 0.6) is 0 Å². The zero-order chi connectivity index (χ0) is 34.9. The van der Waals surface area contributed by atoms with Crippen molar-refractivity contribution in [3.8, 4) is 22.5 Å². The summed E-state index contributed by atoms with van der Waals surface area (Å²) in [7, 11) is 0. The predicted octanol–water partition coefficient (Wildman–Crippen LogP) is 11.3. The first-order valence-electron chi connectivity index (χ1n) is 19.0. The molecule has 0 fully saturated rings. The molecule has 0 bridgehead atoms. The smallest absolute Gasteiger partial charge is 0.207 e. The van der Waals surface area contributed by atoms with Crippen molar-refractivity contribution in [2.45, 2.75) is 110 Å². The Bertz CT molecular complexity index is 2310. The average molecular weight is 663 g/mol. The van der Waals surface area contributed by atoms with Crippen LogP contribution in [0.25, 0.3) is 44.1 Å². The number of pyridine rings is 2. The Labute approximate surface area is 297 Å². The summed E-state index contributed by atoms with van der Waals surface area (Å²) in [6, 6.07) is 28.8. The summed E-state index contributed by atoms with van der Waals surface area (Å²) in [5.41, 5.74) is 11.8. The number of aromatic nitrogens is 2. The number of unbranched alkanes of at least 4 members (excludes halogenated alkanes) is 1. The van der Waals surface area contributed by atoms with Crippen LogP contribution in [0.15, 0.2) is 91.3 Å². The van der Waals surface area contributed by atoms with Gasteiger partial charge in [0.25, 0.3) is 0 Å². The van der Waals surface area contributed by atoms with E-state index in [4.69, 9.17) is 0 Å².